The van der Waals surface area contributed by atoms with Gasteiger partial charge in [0.1, 0.15) is 11.6 Å². The molecule has 3 rings (SSSR count). The molecule has 0 spiro atoms. The molecule has 1 fully saturated rings. The number of rotatable bonds is 9. The van der Waals surface area contributed by atoms with Crippen molar-refractivity contribution in [3.63, 3.8) is 0 Å². The van der Waals surface area contributed by atoms with Gasteiger partial charge in [0.2, 0.25) is 5.91 Å². The Balaban J connectivity index is 1.74. The summed E-state index contributed by atoms with van der Waals surface area (Å²) in [5.41, 5.74) is 3.40. The third-order valence-electron chi connectivity index (χ3n) is 5.85. The maximum atomic E-state index is 12.9. The van der Waals surface area contributed by atoms with E-state index in [9.17, 15) is 4.79 Å². The number of aromatic nitrogens is 3. The Morgan fingerprint density at radius 3 is 2.65 bits per heavy atom. The molecule has 5 heteroatoms. The molecule has 1 aliphatic rings. The van der Waals surface area contributed by atoms with Crippen LogP contribution in [0.25, 0.3) is 0 Å². The van der Waals surface area contributed by atoms with E-state index in [1.54, 1.807) is 0 Å². The van der Waals surface area contributed by atoms with Gasteiger partial charge < -0.3 is 9.88 Å². The van der Waals surface area contributed by atoms with Crippen LogP contribution < -0.4 is 5.32 Å². The van der Waals surface area contributed by atoms with Crippen molar-refractivity contribution in [3.8, 4) is 12.3 Å². The minimum atomic E-state index is -0.125. The molecule has 166 valence electrons. The number of carbonyl (C=O) groups excluding carboxylic acids is 1. The zero-order valence-electron chi connectivity index (χ0n) is 19.7. The molecule has 1 aliphatic carbocycles. The average molecular weight is 421 g/mol. The van der Waals surface area contributed by atoms with Crippen molar-refractivity contribution in [2.24, 2.45) is 5.41 Å². The van der Waals surface area contributed by atoms with E-state index in [2.05, 4.69) is 52.8 Å². The lowest BCUT2D eigenvalue weighted by molar-refractivity contribution is -0.116. The van der Waals surface area contributed by atoms with Crippen LogP contribution in [0.1, 0.15) is 94.0 Å². The highest BCUT2D eigenvalue weighted by atomic mass is 16.1. The van der Waals surface area contributed by atoms with Crippen LogP contribution in [-0.2, 0) is 11.2 Å². The molecule has 0 radical (unpaired) electrons. The molecule has 1 heterocycles. The van der Waals surface area contributed by atoms with Gasteiger partial charge in [-0.2, -0.15) is 0 Å². The fraction of sp³-hybridized carbons (Fsp3) is 0.577. The van der Waals surface area contributed by atoms with Crippen molar-refractivity contribution in [1.82, 2.24) is 14.8 Å². The van der Waals surface area contributed by atoms with E-state index < -0.39 is 0 Å². The average Bonchev–Trinajstić information content (AvgIpc) is 3.42. The summed E-state index contributed by atoms with van der Waals surface area (Å²) in [4.78, 5) is 12.9. The Morgan fingerprint density at radius 2 is 2.03 bits per heavy atom. The van der Waals surface area contributed by atoms with Crippen LogP contribution in [0.15, 0.2) is 18.2 Å². The minimum absolute atomic E-state index is 0.0353. The number of hydrogen-bond donors (Lipinski definition) is 1. The Hall–Kier alpha value is -2.61. The molecule has 1 atom stereocenters. The fourth-order valence-corrected chi connectivity index (χ4v) is 4.07. The molecular weight excluding hydrogens is 384 g/mol. The number of nitrogens with zero attached hydrogens (tertiary/aromatic N) is 3. The Kier molecular flexibility index (Phi) is 7.20. The van der Waals surface area contributed by atoms with Crippen LogP contribution in [0.3, 0.4) is 0 Å². The maximum absolute atomic E-state index is 12.9. The number of terminal acetylenes is 1. The molecule has 1 N–H and O–H groups in total. The van der Waals surface area contributed by atoms with Gasteiger partial charge in [0, 0.05) is 36.9 Å². The Bertz CT molecular complexity index is 957. The number of anilines is 1. The minimum Gasteiger partial charge on any atom is -0.326 e. The van der Waals surface area contributed by atoms with E-state index in [-0.39, 0.29) is 11.8 Å². The second-order valence-corrected chi connectivity index (χ2v) is 10.2. The second-order valence-electron chi connectivity index (χ2n) is 10.2. The van der Waals surface area contributed by atoms with Crippen molar-refractivity contribution < 1.29 is 4.79 Å². The summed E-state index contributed by atoms with van der Waals surface area (Å²) in [6, 6.07) is 6.49. The van der Waals surface area contributed by atoms with Crippen molar-refractivity contribution in [3.05, 3.63) is 41.0 Å². The van der Waals surface area contributed by atoms with Crippen LogP contribution in [0, 0.1) is 31.6 Å². The lowest BCUT2D eigenvalue weighted by atomic mass is 9.90. The topological polar surface area (TPSA) is 59.8 Å². The summed E-state index contributed by atoms with van der Waals surface area (Å²) < 4.78 is 2.29. The van der Waals surface area contributed by atoms with Crippen LogP contribution >= 0.6 is 0 Å². The summed E-state index contributed by atoms with van der Waals surface area (Å²) >= 11 is 0. The molecule has 0 bridgehead atoms. The van der Waals surface area contributed by atoms with Crippen LogP contribution in [0.5, 0.6) is 0 Å². The summed E-state index contributed by atoms with van der Waals surface area (Å²) in [5, 5.41) is 12.1. The molecule has 5 nitrogen and oxygen atoms in total. The van der Waals surface area contributed by atoms with E-state index >= 15 is 0 Å². The van der Waals surface area contributed by atoms with Crippen molar-refractivity contribution >= 4 is 11.6 Å². The first-order valence-corrected chi connectivity index (χ1v) is 11.4. The summed E-state index contributed by atoms with van der Waals surface area (Å²) in [6.07, 6.45) is 11.9. The summed E-state index contributed by atoms with van der Waals surface area (Å²) in [5.74, 6) is 4.51. The number of carbonyl (C=O) groups is 1. The van der Waals surface area contributed by atoms with E-state index in [1.165, 1.54) is 5.56 Å². The van der Waals surface area contributed by atoms with E-state index in [1.807, 2.05) is 26.0 Å². The van der Waals surface area contributed by atoms with Gasteiger partial charge in [0.25, 0.3) is 0 Å². The molecular formula is C26H36N4O. The van der Waals surface area contributed by atoms with E-state index in [4.69, 9.17) is 6.42 Å². The maximum Gasteiger partial charge on any atom is 0.225 e. The van der Waals surface area contributed by atoms with Gasteiger partial charge >= 0.3 is 0 Å². The van der Waals surface area contributed by atoms with Crippen molar-refractivity contribution in [2.45, 2.75) is 91.5 Å². The number of aryl methyl sites for hydroxylation is 3. The monoisotopic (exact) mass is 420 g/mol. The Labute approximate surface area is 187 Å². The first-order chi connectivity index (χ1) is 14.7. The van der Waals surface area contributed by atoms with Gasteiger partial charge in [-0.3, -0.25) is 4.79 Å². The third-order valence-corrected chi connectivity index (χ3v) is 5.85. The highest BCUT2D eigenvalue weighted by Crippen LogP contribution is 2.39. The Morgan fingerprint density at radius 1 is 1.29 bits per heavy atom. The number of amides is 1. The van der Waals surface area contributed by atoms with Gasteiger partial charge in [-0.25, -0.2) is 0 Å². The molecule has 0 saturated heterocycles. The molecule has 1 aromatic heterocycles. The first kappa shape index (κ1) is 23.1. The van der Waals surface area contributed by atoms with Gasteiger partial charge in [-0.1, -0.05) is 38.5 Å². The number of nitrogens with one attached hydrogen (secondary N) is 1. The zero-order chi connectivity index (χ0) is 22.6. The van der Waals surface area contributed by atoms with E-state index in [0.29, 0.717) is 24.3 Å². The highest BCUT2D eigenvalue weighted by molar-refractivity contribution is 5.92. The molecule has 2 aromatic rings. The number of benzene rings is 1. The lowest BCUT2D eigenvalue weighted by Crippen LogP contribution is -2.19. The summed E-state index contributed by atoms with van der Waals surface area (Å²) in [7, 11) is 0. The largest absolute Gasteiger partial charge is 0.326 e. The molecule has 1 amide bonds. The van der Waals surface area contributed by atoms with Crippen molar-refractivity contribution in [2.75, 3.05) is 5.32 Å². The standard InChI is InChI=1S/C26H36N4O/c1-7-9-20(17-24(31)27-22-14-11-18(2)16-19(22)3)25-29-28-23(30(25)21-12-13-21)10-8-15-26(4,5)6/h1,11,14,16,20-21H,8-10,12-13,15,17H2,2-6H3,(H,27,31). The second kappa shape index (κ2) is 9.68. The summed E-state index contributed by atoms with van der Waals surface area (Å²) in [6.45, 7) is 10.9. The van der Waals surface area contributed by atoms with Crippen molar-refractivity contribution in [1.29, 1.82) is 0 Å². The normalized spacial score (nSPS) is 14.8. The van der Waals surface area contributed by atoms with Crippen LogP contribution in [0.4, 0.5) is 5.69 Å². The zero-order valence-corrected chi connectivity index (χ0v) is 19.7. The third kappa shape index (κ3) is 6.43. The SMILES string of the molecule is C#CCC(CC(=O)Nc1ccc(C)cc1C)c1nnc(CCCC(C)(C)C)n1C1CC1. The van der Waals surface area contributed by atoms with Gasteiger partial charge in [0.15, 0.2) is 0 Å². The molecule has 1 saturated carbocycles. The predicted molar refractivity (Wildman–Crippen MR) is 126 cm³/mol. The molecule has 1 unspecified atom stereocenters. The van der Waals surface area contributed by atoms with Gasteiger partial charge in [-0.05, 0) is 56.6 Å². The molecule has 0 aliphatic heterocycles. The van der Waals surface area contributed by atoms with Gasteiger partial charge in [0.05, 0.1) is 0 Å². The lowest BCUT2D eigenvalue weighted by Gasteiger charge is -2.19. The van der Waals surface area contributed by atoms with Crippen LogP contribution in [-0.4, -0.2) is 20.7 Å². The first-order valence-electron chi connectivity index (χ1n) is 11.4. The number of hydrogen-bond acceptors (Lipinski definition) is 3. The van der Waals surface area contributed by atoms with Gasteiger partial charge in [-0.15, -0.1) is 22.5 Å². The predicted octanol–water partition coefficient (Wildman–Crippen LogP) is 5.73. The quantitative estimate of drug-likeness (QED) is 0.527. The highest BCUT2D eigenvalue weighted by Gasteiger charge is 2.32. The smallest absolute Gasteiger partial charge is 0.225 e. The fourth-order valence-electron chi connectivity index (χ4n) is 4.07. The molecule has 31 heavy (non-hydrogen) atoms. The van der Waals surface area contributed by atoms with Crippen LogP contribution in [0.2, 0.25) is 0 Å². The van der Waals surface area contributed by atoms with E-state index in [0.717, 1.165) is 55.0 Å². The molecule has 1 aromatic carbocycles.